The fourth-order valence-electron chi connectivity index (χ4n) is 3.72. The molecule has 2 heterocycles. The summed E-state index contributed by atoms with van der Waals surface area (Å²) in [5.74, 6) is 1.97. The Morgan fingerprint density at radius 2 is 1.72 bits per heavy atom. The van der Waals surface area contributed by atoms with Crippen molar-refractivity contribution >= 4 is 11.6 Å². The predicted octanol–water partition coefficient (Wildman–Crippen LogP) is 3.51. The fourth-order valence-corrected chi connectivity index (χ4v) is 3.85. The van der Waals surface area contributed by atoms with Crippen LogP contribution in [0.25, 0.3) is 11.4 Å². The standard InChI is InChI=1S/C24H29ClN4O3/c1-2-18-3-9-22(10-4-18)31-17-21(30)15-28-11-13-29(14-12-28)16-23-26-24(27-32-23)19-5-7-20(25)8-6-19/h3-10,21,30H,2,11-17H2,1H3. The summed E-state index contributed by atoms with van der Waals surface area (Å²) in [6.07, 6.45) is 0.482. The Morgan fingerprint density at radius 1 is 1.03 bits per heavy atom. The van der Waals surface area contributed by atoms with Gasteiger partial charge in [-0.3, -0.25) is 9.80 Å². The highest BCUT2D eigenvalue weighted by Crippen LogP contribution is 2.19. The normalized spacial score (nSPS) is 16.2. The molecule has 1 fully saturated rings. The van der Waals surface area contributed by atoms with Crippen LogP contribution in [0.4, 0.5) is 0 Å². The summed E-state index contributed by atoms with van der Waals surface area (Å²) in [4.78, 5) is 9.05. The van der Waals surface area contributed by atoms with Gasteiger partial charge in [0.2, 0.25) is 11.7 Å². The summed E-state index contributed by atoms with van der Waals surface area (Å²) in [6, 6.07) is 15.4. The second-order valence-corrected chi connectivity index (χ2v) is 8.49. The summed E-state index contributed by atoms with van der Waals surface area (Å²) in [7, 11) is 0. The lowest BCUT2D eigenvalue weighted by Crippen LogP contribution is -2.48. The molecule has 2 aromatic carbocycles. The Hall–Kier alpha value is -2.45. The Labute approximate surface area is 193 Å². The summed E-state index contributed by atoms with van der Waals surface area (Å²) in [6.45, 7) is 7.15. The minimum absolute atomic E-state index is 0.293. The predicted molar refractivity (Wildman–Crippen MR) is 124 cm³/mol. The van der Waals surface area contributed by atoms with Crippen molar-refractivity contribution in [3.05, 3.63) is 65.0 Å². The van der Waals surface area contributed by atoms with Gasteiger partial charge in [-0.25, -0.2) is 0 Å². The first kappa shape index (κ1) is 22.7. The van der Waals surface area contributed by atoms with Crippen LogP contribution in [-0.4, -0.2) is 70.5 Å². The number of halogens is 1. The largest absolute Gasteiger partial charge is 0.491 e. The maximum absolute atomic E-state index is 10.4. The van der Waals surface area contributed by atoms with E-state index >= 15 is 0 Å². The van der Waals surface area contributed by atoms with Gasteiger partial charge in [0, 0.05) is 43.3 Å². The zero-order valence-electron chi connectivity index (χ0n) is 18.3. The highest BCUT2D eigenvalue weighted by molar-refractivity contribution is 6.30. The first-order valence-corrected chi connectivity index (χ1v) is 11.4. The van der Waals surface area contributed by atoms with Crippen molar-refractivity contribution in [1.29, 1.82) is 0 Å². The van der Waals surface area contributed by atoms with Crippen molar-refractivity contribution in [3.8, 4) is 17.1 Å². The van der Waals surface area contributed by atoms with Crippen LogP contribution < -0.4 is 4.74 Å². The molecular weight excluding hydrogens is 428 g/mol. The quantitative estimate of drug-likeness (QED) is 0.528. The van der Waals surface area contributed by atoms with E-state index in [2.05, 4.69) is 39.0 Å². The zero-order valence-corrected chi connectivity index (χ0v) is 19.0. The first-order valence-electron chi connectivity index (χ1n) is 11.0. The third-order valence-electron chi connectivity index (χ3n) is 5.64. The van der Waals surface area contributed by atoms with Crippen LogP contribution >= 0.6 is 11.6 Å². The first-order chi connectivity index (χ1) is 15.6. The number of ether oxygens (including phenoxy) is 1. The summed E-state index contributed by atoms with van der Waals surface area (Å²) in [5.41, 5.74) is 2.16. The molecule has 1 unspecified atom stereocenters. The lowest BCUT2D eigenvalue weighted by molar-refractivity contribution is 0.0426. The number of rotatable bonds is 9. The number of hydrogen-bond donors (Lipinski definition) is 1. The number of nitrogens with zero attached hydrogens (tertiary/aromatic N) is 4. The van der Waals surface area contributed by atoms with E-state index in [4.69, 9.17) is 20.9 Å². The molecule has 0 aliphatic carbocycles. The molecule has 1 N–H and O–H groups in total. The molecule has 1 aromatic heterocycles. The smallest absolute Gasteiger partial charge is 0.241 e. The molecule has 7 nitrogen and oxygen atoms in total. The van der Waals surface area contributed by atoms with Crippen LogP contribution in [0.2, 0.25) is 5.02 Å². The average molecular weight is 457 g/mol. The molecule has 1 aliphatic heterocycles. The number of piperazine rings is 1. The van der Waals surface area contributed by atoms with E-state index in [0.29, 0.717) is 36.4 Å². The molecule has 0 radical (unpaired) electrons. The van der Waals surface area contributed by atoms with Gasteiger partial charge >= 0.3 is 0 Å². The van der Waals surface area contributed by atoms with Crippen LogP contribution in [0, 0.1) is 0 Å². The molecule has 1 atom stereocenters. The van der Waals surface area contributed by atoms with Gasteiger partial charge in [-0.15, -0.1) is 0 Å². The van der Waals surface area contributed by atoms with Gasteiger partial charge in [-0.05, 0) is 48.4 Å². The lowest BCUT2D eigenvalue weighted by atomic mass is 10.2. The zero-order chi connectivity index (χ0) is 22.3. The number of aromatic nitrogens is 2. The number of aliphatic hydroxyl groups excluding tert-OH is 1. The van der Waals surface area contributed by atoms with E-state index < -0.39 is 6.10 Å². The molecule has 0 spiro atoms. The highest BCUT2D eigenvalue weighted by atomic mass is 35.5. The second-order valence-electron chi connectivity index (χ2n) is 8.06. The number of benzene rings is 2. The van der Waals surface area contributed by atoms with Gasteiger partial charge in [0.15, 0.2) is 0 Å². The van der Waals surface area contributed by atoms with Crippen molar-refractivity contribution in [2.24, 2.45) is 0 Å². The molecule has 1 aliphatic rings. The Bertz CT molecular complexity index is 970. The van der Waals surface area contributed by atoms with Crippen molar-refractivity contribution in [1.82, 2.24) is 19.9 Å². The second kappa shape index (κ2) is 10.9. The maximum atomic E-state index is 10.4. The van der Waals surface area contributed by atoms with Crippen LogP contribution in [0.15, 0.2) is 53.1 Å². The number of aliphatic hydroxyl groups is 1. The monoisotopic (exact) mass is 456 g/mol. The summed E-state index contributed by atoms with van der Waals surface area (Å²) in [5, 5.41) is 15.1. The molecule has 170 valence electrons. The van der Waals surface area contributed by atoms with E-state index in [1.807, 2.05) is 36.4 Å². The van der Waals surface area contributed by atoms with E-state index in [1.54, 1.807) is 0 Å². The molecule has 0 amide bonds. The van der Waals surface area contributed by atoms with Gasteiger partial charge in [0.05, 0.1) is 6.54 Å². The van der Waals surface area contributed by atoms with Crippen LogP contribution in [-0.2, 0) is 13.0 Å². The Kier molecular flexibility index (Phi) is 7.76. The van der Waals surface area contributed by atoms with Gasteiger partial charge in [0.1, 0.15) is 18.5 Å². The number of β-amino-alcohol motifs (C(OH)–C–C–N with tert-alkyl or cyclic N) is 1. The molecule has 0 saturated carbocycles. The topological polar surface area (TPSA) is 74.9 Å². The number of aryl methyl sites for hydroxylation is 1. The van der Waals surface area contributed by atoms with Gasteiger partial charge in [-0.1, -0.05) is 35.8 Å². The van der Waals surface area contributed by atoms with Crippen molar-refractivity contribution < 1.29 is 14.4 Å². The van der Waals surface area contributed by atoms with E-state index in [9.17, 15) is 5.11 Å². The highest BCUT2D eigenvalue weighted by Gasteiger charge is 2.21. The lowest BCUT2D eigenvalue weighted by Gasteiger charge is -2.34. The SMILES string of the molecule is CCc1ccc(OCC(O)CN2CCN(Cc3nc(-c4ccc(Cl)cc4)no3)CC2)cc1. The summed E-state index contributed by atoms with van der Waals surface area (Å²) < 4.78 is 11.2. The van der Waals surface area contributed by atoms with Crippen LogP contribution in [0.3, 0.4) is 0 Å². The molecule has 0 bridgehead atoms. The third-order valence-corrected chi connectivity index (χ3v) is 5.89. The molecule has 8 heteroatoms. The molecular formula is C24H29ClN4O3. The van der Waals surface area contributed by atoms with Gasteiger partial charge in [-0.2, -0.15) is 4.98 Å². The van der Waals surface area contributed by atoms with Gasteiger partial charge < -0.3 is 14.4 Å². The Balaban J connectivity index is 1.18. The molecule has 4 rings (SSSR count). The van der Waals surface area contributed by atoms with Crippen LogP contribution in [0.5, 0.6) is 5.75 Å². The maximum Gasteiger partial charge on any atom is 0.241 e. The minimum Gasteiger partial charge on any atom is -0.491 e. The van der Waals surface area contributed by atoms with Gasteiger partial charge in [0.25, 0.3) is 0 Å². The molecule has 3 aromatic rings. The Morgan fingerprint density at radius 3 is 2.41 bits per heavy atom. The van der Waals surface area contributed by atoms with Crippen molar-refractivity contribution in [2.45, 2.75) is 26.0 Å². The van der Waals surface area contributed by atoms with E-state index in [0.717, 1.165) is 43.9 Å². The van der Waals surface area contributed by atoms with E-state index in [-0.39, 0.29) is 0 Å². The third kappa shape index (κ3) is 6.29. The number of hydrogen-bond acceptors (Lipinski definition) is 7. The summed E-state index contributed by atoms with van der Waals surface area (Å²) >= 11 is 5.93. The van der Waals surface area contributed by atoms with Crippen LogP contribution in [0.1, 0.15) is 18.4 Å². The van der Waals surface area contributed by atoms with Crippen molar-refractivity contribution in [3.63, 3.8) is 0 Å². The average Bonchev–Trinajstić information content (AvgIpc) is 3.28. The molecule has 1 saturated heterocycles. The van der Waals surface area contributed by atoms with E-state index in [1.165, 1.54) is 5.56 Å². The fraction of sp³-hybridized carbons (Fsp3) is 0.417. The molecule has 32 heavy (non-hydrogen) atoms. The minimum atomic E-state index is -0.523. The van der Waals surface area contributed by atoms with Crippen molar-refractivity contribution in [2.75, 3.05) is 39.3 Å².